The van der Waals surface area contributed by atoms with Crippen LogP contribution in [0.2, 0.25) is 5.02 Å². The van der Waals surface area contributed by atoms with Crippen LogP contribution in [0.3, 0.4) is 0 Å². The standard InChI is InChI=1S/C16H11ClFNO4S/c1-23-16(20)15-9-19(12-4-2-3-10(17)7-12)13-6-5-11(18)8-14(13)24(15,21)22/h2-9H,1H3. The molecule has 0 fully saturated rings. The number of esters is 1. The molecule has 1 aliphatic rings. The Morgan fingerprint density at radius 1 is 1.21 bits per heavy atom. The van der Waals surface area contributed by atoms with Crippen LogP contribution < -0.4 is 4.90 Å². The van der Waals surface area contributed by atoms with Crippen LogP contribution in [0, 0.1) is 5.82 Å². The van der Waals surface area contributed by atoms with Gasteiger partial charge in [0.1, 0.15) is 5.82 Å². The van der Waals surface area contributed by atoms with Crippen molar-refractivity contribution in [3.8, 4) is 0 Å². The predicted molar refractivity (Wildman–Crippen MR) is 87.3 cm³/mol. The van der Waals surface area contributed by atoms with Gasteiger partial charge in [0.2, 0.25) is 9.84 Å². The molecule has 1 aliphatic heterocycles. The maximum atomic E-state index is 13.6. The maximum Gasteiger partial charge on any atom is 0.351 e. The van der Waals surface area contributed by atoms with Gasteiger partial charge < -0.3 is 9.64 Å². The second kappa shape index (κ2) is 5.92. The first kappa shape index (κ1) is 16.5. The van der Waals surface area contributed by atoms with E-state index in [0.717, 1.165) is 25.4 Å². The minimum Gasteiger partial charge on any atom is -0.465 e. The highest BCUT2D eigenvalue weighted by Gasteiger charge is 2.36. The molecule has 0 amide bonds. The number of benzene rings is 2. The van der Waals surface area contributed by atoms with Crippen LogP contribution in [-0.4, -0.2) is 21.5 Å². The quantitative estimate of drug-likeness (QED) is 0.761. The maximum absolute atomic E-state index is 13.6. The number of carbonyl (C=O) groups excluding carboxylic acids is 1. The second-order valence-electron chi connectivity index (χ2n) is 4.95. The summed E-state index contributed by atoms with van der Waals surface area (Å²) in [5, 5.41) is 0.428. The van der Waals surface area contributed by atoms with E-state index in [1.165, 1.54) is 11.0 Å². The molecule has 0 aromatic heterocycles. The summed E-state index contributed by atoms with van der Waals surface area (Å²) in [5.41, 5.74) is 0.734. The summed E-state index contributed by atoms with van der Waals surface area (Å²) in [6.07, 6.45) is 1.15. The summed E-state index contributed by atoms with van der Waals surface area (Å²) in [5.74, 6) is -1.76. The van der Waals surface area contributed by atoms with Crippen molar-refractivity contribution in [2.24, 2.45) is 0 Å². The molecule has 0 saturated carbocycles. The number of rotatable bonds is 2. The molecule has 0 N–H and O–H groups in total. The van der Waals surface area contributed by atoms with Gasteiger partial charge in [0, 0.05) is 16.9 Å². The van der Waals surface area contributed by atoms with Crippen molar-refractivity contribution in [1.29, 1.82) is 0 Å². The molecule has 124 valence electrons. The van der Waals surface area contributed by atoms with Crippen molar-refractivity contribution in [3.05, 3.63) is 64.4 Å². The fraction of sp³-hybridized carbons (Fsp3) is 0.0625. The monoisotopic (exact) mass is 367 g/mol. The van der Waals surface area contributed by atoms with Gasteiger partial charge in [-0.25, -0.2) is 17.6 Å². The van der Waals surface area contributed by atoms with Gasteiger partial charge in [0.25, 0.3) is 0 Å². The summed E-state index contributed by atoms with van der Waals surface area (Å²) >= 11 is 5.98. The highest BCUT2D eigenvalue weighted by atomic mass is 35.5. The number of hydrogen-bond donors (Lipinski definition) is 0. The molecule has 0 aliphatic carbocycles. The Morgan fingerprint density at radius 2 is 1.96 bits per heavy atom. The summed E-state index contributed by atoms with van der Waals surface area (Å²) in [6, 6.07) is 9.95. The van der Waals surface area contributed by atoms with Crippen LogP contribution in [0.4, 0.5) is 15.8 Å². The van der Waals surface area contributed by atoms with Crippen molar-refractivity contribution >= 4 is 38.8 Å². The molecule has 24 heavy (non-hydrogen) atoms. The van der Waals surface area contributed by atoms with Gasteiger partial charge in [-0.15, -0.1) is 0 Å². The number of fused-ring (bicyclic) bond motifs is 1. The molecule has 5 nitrogen and oxygen atoms in total. The molecule has 0 atom stereocenters. The van der Waals surface area contributed by atoms with Crippen molar-refractivity contribution in [3.63, 3.8) is 0 Å². The molecule has 2 aromatic rings. The summed E-state index contributed by atoms with van der Waals surface area (Å²) in [6.45, 7) is 0. The van der Waals surface area contributed by atoms with Crippen molar-refractivity contribution in [2.75, 3.05) is 12.0 Å². The van der Waals surface area contributed by atoms with E-state index in [9.17, 15) is 17.6 Å². The highest BCUT2D eigenvalue weighted by molar-refractivity contribution is 7.96. The highest BCUT2D eigenvalue weighted by Crippen LogP contribution is 2.40. The number of hydrogen-bond acceptors (Lipinski definition) is 5. The van der Waals surface area contributed by atoms with Crippen LogP contribution in [-0.2, 0) is 19.4 Å². The van der Waals surface area contributed by atoms with E-state index in [4.69, 9.17) is 11.6 Å². The zero-order chi connectivity index (χ0) is 17.5. The van der Waals surface area contributed by atoms with E-state index in [1.807, 2.05) is 0 Å². The SMILES string of the molecule is COC(=O)C1=CN(c2cccc(Cl)c2)c2ccc(F)cc2S1(=O)=O. The van der Waals surface area contributed by atoms with Crippen LogP contribution in [0.15, 0.2) is 58.5 Å². The van der Waals surface area contributed by atoms with E-state index in [1.54, 1.807) is 24.3 Å². The summed E-state index contributed by atoms with van der Waals surface area (Å²) in [7, 11) is -3.12. The van der Waals surface area contributed by atoms with Gasteiger partial charge in [-0.05, 0) is 36.4 Å². The molecule has 2 aromatic carbocycles. The van der Waals surface area contributed by atoms with Gasteiger partial charge in [0.05, 0.1) is 17.7 Å². The zero-order valence-corrected chi connectivity index (χ0v) is 13.9. The molecule has 0 saturated heterocycles. The lowest BCUT2D eigenvalue weighted by Crippen LogP contribution is -2.26. The number of ether oxygens (including phenoxy) is 1. The minimum atomic E-state index is -4.20. The van der Waals surface area contributed by atoms with Crippen LogP contribution in [0.1, 0.15) is 0 Å². The second-order valence-corrected chi connectivity index (χ2v) is 7.27. The number of carbonyl (C=O) groups is 1. The van der Waals surface area contributed by atoms with E-state index in [-0.39, 0.29) is 10.6 Å². The molecule has 0 bridgehead atoms. The molecule has 0 radical (unpaired) electrons. The fourth-order valence-electron chi connectivity index (χ4n) is 2.38. The zero-order valence-electron chi connectivity index (χ0n) is 12.4. The Labute approximate surface area is 142 Å². The lowest BCUT2D eigenvalue weighted by Gasteiger charge is -2.28. The lowest BCUT2D eigenvalue weighted by atomic mass is 10.2. The Kier molecular flexibility index (Phi) is 4.06. The number of halogens is 2. The first-order valence-corrected chi connectivity index (χ1v) is 8.60. The van der Waals surface area contributed by atoms with Gasteiger partial charge in [0.15, 0.2) is 4.91 Å². The van der Waals surface area contributed by atoms with Crippen LogP contribution >= 0.6 is 11.6 Å². The van der Waals surface area contributed by atoms with Gasteiger partial charge in [-0.2, -0.15) is 0 Å². The molecule has 0 spiro atoms. The minimum absolute atomic E-state index is 0.214. The predicted octanol–water partition coefficient (Wildman–Crippen LogP) is 3.42. The van der Waals surface area contributed by atoms with E-state index in [2.05, 4.69) is 4.74 Å². The normalized spacial score (nSPS) is 15.5. The largest absolute Gasteiger partial charge is 0.465 e. The summed E-state index contributed by atoms with van der Waals surface area (Å²) in [4.78, 5) is 12.5. The smallest absolute Gasteiger partial charge is 0.351 e. The Balaban J connectivity index is 2.30. The Hall–Kier alpha value is -2.38. The van der Waals surface area contributed by atoms with E-state index < -0.39 is 26.5 Å². The lowest BCUT2D eigenvalue weighted by molar-refractivity contribution is -0.135. The Bertz CT molecular complexity index is 972. The first-order chi connectivity index (χ1) is 11.3. The van der Waals surface area contributed by atoms with Crippen molar-refractivity contribution in [1.82, 2.24) is 0 Å². The molecule has 0 unspecified atom stereocenters. The average Bonchev–Trinajstić information content (AvgIpc) is 2.55. The van der Waals surface area contributed by atoms with Crippen LogP contribution in [0.25, 0.3) is 0 Å². The molecular formula is C16H11ClFNO4S. The van der Waals surface area contributed by atoms with Gasteiger partial charge in [-0.1, -0.05) is 17.7 Å². The fourth-order valence-corrected chi connectivity index (χ4v) is 4.06. The van der Waals surface area contributed by atoms with Crippen LogP contribution in [0.5, 0.6) is 0 Å². The van der Waals surface area contributed by atoms with Crippen molar-refractivity contribution in [2.45, 2.75) is 4.90 Å². The third-order valence-electron chi connectivity index (χ3n) is 3.48. The Morgan fingerprint density at radius 3 is 2.62 bits per heavy atom. The number of methoxy groups -OCH3 is 1. The van der Waals surface area contributed by atoms with E-state index in [0.29, 0.717) is 10.7 Å². The first-order valence-electron chi connectivity index (χ1n) is 6.74. The van der Waals surface area contributed by atoms with E-state index >= 15 is 0 Å². The van der Waals surface area contributed by atoms with Gasteiger partial charge in [-0.3, -0.25) is 0 Å². The third kappa shape index (κ3) is 2.65. The third-order valence-corrected chi connectivity index (χ3v) is 5.47. The molecule has 1 heterocycles. The van der Waals surface area contributed by atoms with Gasteiger partial charge >= 0.3 is 5.97 Å². The average molecular weight is 368 g/mol. The molecule has 3 rings (SSSR count). The molecular weight excluding hydrogens is 357 g/mol. The molecule has 8 heteroatoms. The number of sulfone groups is 1. The van der Waals surface area contributed by atoms with Crippen molar-refractivity contribution < 1.29 is 22.3 Å². The summed E-state index contributed by atoms with van der Waals surface area (Å²) < 4.78 is 43.4. The number of nitrogens with zero attached hydrogens (tertiary/aromatic N) is 1. The number of anilines is 2. The topological polar surface area (TPSA) is 63.7 Å².